The number of nitrogens with zero attached hydrogens (tertiary/aromatic N) is 2. The van der Waals surface area contributed by atoms with Crippen LogP contribution in [-0.4, -0.2) is 50.9 Å². The first kappa shape index (κ1) is 30.5. The second kappa shape index (κ2) is 13.3. The van der Waals surface area contributed by atoms with Gasteiger partial charge in [0.2, 0.25) is 11.8 Å². The zero-order valence-electron chi connectivity index (χ0n) is 22.1. The summed E-state index contributed by atoms with van der Waals surface area (Å²) in [5.74, 6) is -0.712. The lowest BCUT2D eigenvalue weighted by Crippen LogP contribution is -2.52. The van der Waals surface area contributed by atoms with Gasteiger partial charge in [0.15, 0.2) is 0 Å². The van der Waals surface area contributed by atoms with E-state index >= 15 is 0 Å². The van der Waals surface area contributed by atoms with Gasteiger partial charge in [-0.15, -0.1) is 0 Å². The Morgan fingerprint density at radius 2 is 1.64 bits per heavy atom. The number of benzene rings is 3. The molecule has 0 spiro atoms. The molecular weight excluding hydrogens is 606 g/mol. The number of carbonyl (C=O) groups excluding carboxylic acids is 2. The van der Waals surface area contributed by atoms with Crippen LogP contribution < -0.4 is 14.4 Å². The number of nitrogens with one attached hydrogen (secondary N) is 1. The molecule has 2 amide bonds. The Kier molecular flexibility index (Phi) is 10.4. The van der Waals surface area contributed by atoms with Crippen molar-refractivity contribution in [3.05, 3.63) is 87.9 Å². The number of carbonyl (C=O) groups is 2. The van der Waals surface area contributed by atoms with Gasteiger partial charge < -0.3 is 15.0 Å². The highest BCUT2D eigenvalue weighted by atomic mass is 79.9. The van der Waals surface area contributed by atoms with E-state index in [1.165, 1.54) is 36.3 Å². The zero-order valence-corrected chi connectivity index (χ0v) is 25.3. The second-order valence-electron chi connectivity index (χ2n) is 9.13. The highest BCUT2D eigenvalue weighted by Crippen LogP contribution is 2.35. The van der Waals surface area contributed by atoms with E-state index in [0.717, 1.165) is 14.3 Å². The third-order valence-corrected chi connectivity index (χ3v) is 8.42. The molecule has 0 saturated carbocycles. The van der Waals surface area contributed by atoms with Gasteiger partial charge >= 0.3 is 0 Å². The fraction of sp³-hybridized carbons (Fsp3) is 0.286. The molecule has 0 saturated heterocycles. The van der Waals surface area contributed by atoms with E-state index in [-0.39, 0.29) is 39.8 Å². The van der Waals surface area contributed by atoms with E-state index in [9.17, 15) is 18.0 Å². The van der Waals surface area contributed by atoms with Crippen LogP contribution in [0.5, 0.6) is 5.75 Å². The molecule has 39 heavy (non-hydrogen) atoms. The first-order valence-electron chi connectivity index (χ1n) is 12.2. The number of anilines is 1. The quantitative estimate of drug-likeness (QED) is 0.310. The van der Waals surface area contributed by atoms with Crippen LogP contribution in [0.2, 0.25) is 5.02 Å². The van der Waals surface area contributed by atoms with E-state index < -0.39 is 28.5 Å². The molecule has 1 N–H and O–H groups in total. The minimum atomic E-state index is -4.24. The maximum absolute atomic E-state index is 13.9. The molecule has 0 heterocycles. The first-order chi connectivity index (χ1) is 18.4. The normalized spacial score (nSPS) is 12.1. The predicted molar refractivity (Wildman–Crippen MR) is 156 cm³/mol. The Morgan fingerprint density at radius 1 is 1.00 bits per heavy atom. The lowest BCUT2D eigenvalue weighted by Gasteiger charge is -2.32. The van der Waals surface area contributed by atoms with Crippen LogP contribution in [0.25, 0.3) is 0 Å². The highest BCUT2D eigenvalue weighted by Gasteiger charge is 2.34. The van der Waals surface area contributed by atoms with E-state index in [4.69, 9.17) is 16.3 Å². The van der Waals surface area contributed by atoms with E-state index in [1.807, 2.05) is 38.1 Å². The third kappa shape index (κ3) is 7.74. The zero-order chi connectivity index (χ0) is 28.7. The van der Waals surface area contributed by atoms with Crippen LogP contribution >= 0.6 is 27.5 Å². The minimum absolute atomic E-state index is 0.00936. The lowest BCUT2D eigenvalue weighted by atomic mass is 10.1. The summed E-state index contributed by atoms with van der Waals surface area (Å²) in [7, 11) is -2.83. The standard InChI is InChI=1S/C28H31BrClN3O5S/c1-19(2)31-28(35)20(3)32(17-21-10-12-22(29)13-11-21)27(34)18-33(25-16-23(30)14-15-26(25)38-4)39(36,37)24-8-6-5-7-9-24/h5-16,19-20H,17-18H2,1-4H3,(H,31,35)/t20-/m0/s1. The highest BCUT2D eigenvalue weighted by molar-refractivity contribution is 9.10. The largest absolute Gasteiger partial charge is 0.495 e. The SMILES string of the molecule is COc1ccc(Cl)cc1N(CC(=O)N(Cc1ccc(Br)cc1)[C@@H](C)C(=O)NC(C)C)S(=O)(=O)c1ccccc1. The summed E-state index contributed by atoms with van der Waals surface area (Å²) in [5, 5.41) is 3.10. The number of amides is 2. The molecule has 0 unspecified atom stereocenters. The molecule has 3 aromatic rings. The van der Waals surface area contributed by atoms with Crippen LogP contribution in [-0.2, 0) is 26.2 Å². The molecule has 0 aliphatic heterocycles. The number of ether oxygens (including phenoxy) is 1. The number of hydrogen-bond acceptors (Lipinski definition) is 5. The predicted octanol–water partition coefficient (Wildman–Crippen LogP) is 5.25. The van der Waals surface area contributed by atoms with E-state index in [0.29, 0.717) is 0 Å². The Bertz CT molecular complexity index is 1400. The van der Waals surface area contributed by atoms with Crippen LogP contribution in [0.15, 0.2) is 82.2 Å². The van der Waals surface area contributed by atoms with Gasteiger partial charge in [0.1, 0.15) is 18.3 Å². The molecule has 11 heteroatoms. The molecule has 0 aliphatic rings. The van der Waals surface area contributed by atoms with Gasteiger partial charge in [-0.2, -0.15) is 0 Å². The topological polar surface area (TPSA) is 96.0 Å². The summed E-state index contributed by atoms with van der Waals surface area (Å²) in [5.41, 5.74) is 0.874. The summed E-state index contributed by atoms with van der Waals surface area (Å²) in [6, 6.07) is 18.6. The van der Waals surface area contributed by atoms with Crippen molar-refractivity contribution in [2.24, 2.45) is 0 Å². The average Bonchev–Trinajstić information content (AvgIpc) is 2.90. The van der Waals surface area contributed by atoms with E-state index in [2.05, 4.69) is 21.2 Å². The Hall–Kier alpha value is -3.08. The van der Waals surface area contributed by atoms with Crippen LogP contribution in [0.1, 0.15) is 26.3 Å². The van der Waals surface area contributed by atoms with Gasteiger partial charge in [-0.3, -0.25) is 13.9 Å². The number of methoxy groups -OCH3 is 1. The smallest absolute Gasteiger partial charge is 0.264 e. The fourth-order valence-electron chi connectivity index (χ4n) is 3.87. The average molecular weight is 637 g/mol. The number of hydrogen-bond donors (Lipinski definition) is 1. The Labute approximate surface area is 243 Å². The third-order valence-electron chi connectivity index (χ3n) is 5.88. The van der Waals surface area contributed by atoms with Gasteiger partial charge in [0.25, 0.3) is 10.0 Å². The van der Waals surface area contributed by atoms with Crippen molar-refractivity contribution in [2.75, 3.05) is 18.0 Å². The molecule has 0 aliphatic carbocycles. The summed E-state index contributed by atoms with van der Waals surface area (Å²) >= 11 is 9.65. The summed E-state index contributed by atoms with van der Waals surface area (Å²) < 4.78 is 35.0. The summed E-state index contributed by atoms with van der Waals surface area (Å²) in [6.45, 7) is 4.76. The van der Waals surface area contributed by atoms with Crippen LogP contribution in [0.4, 0.5) is 5.69 Å². The van der Waals surface area contributed by atoms with E-state index in [1.54, 1.807) is 31.2 Å². The molecule has 0 bridgehead atoms. The van der Waals surface area contributed by atoms with Crippen molar-refractivity contribution in [1.82, 2.24) is 10.2 Å². The molecule has 208 valence electrons. The van der Waals surface area contributed by atoms with Crippen LogP contribution in [0.3, 0.4) is 0 Å². The summed E-state index contributed by atoms with van der Waals surface area (Å²) in [4.78, 5) is 28.3. The molecular formula is C28H31BrClN3O5S. The molecule has 8 nitrogen and oxygen atoms in total. The second-order valence-corrected chi connectivity index (χ2v) is 12.3. The van der Waals surface area contributed by atoms with Gasteiger partial charge in [-0.25, -0.2) is 8.42 Å². The van der Waals surface area contributed by atoms with Crippen molar-refractivity contribution in [2.45, 2.75) is 44.3 Å². The first-order valence-corrected chi connectivity index (χ1v) is 14.8. The molecule has 1 atom stereocenters. The lowest BCUT2D eigenvalue weighted by molar-refractivity contribution is -0.139. The molecule has 3 rings (SSSR count). The molecule has 0 fully saturated rings. The number of rotatable bonds is 11. The summed E-state index contributed by atoms with van der Waals surface area (Å²) in [6.07, 6.45) is 0. The van der Waals surface area contributed by atoms with Gasteiger partial charge in [-0.05, 0) is 68.8 Å². The fourth-order valence-corrected chi connectivity index (χ4v) is 5.73. The van der Waals surface area contributed by atoms with Crippen molar-refractivity contribution in [3.63, 3.8) is 0 Å². The van der Waals surface area contributed by atoms with Gasteiger partial charge in [0.05, 0.1) is 17.7 Å². The maximum Gasteiger partial charge on any atom is 0.264 e. The number of sulfonamides is 1. The van der Waals surface area contributed by atoms with Crippen LogP contribution in [0, 0.1) is 0 Å². The molecule has 0 radical (unpaired) electrons. The monoisotopic (exact) mass is 635 g/mol. The number of halogens is 2. The Morgan fingerprint density at radius 3 is 2.23 bits per heavy atom. The maximum atomic E-state index is 13.9. The van der Waals surface area contributed by atoms with Crippen molar-refractivity contribution < 1.29 is 22.7 Å². The van der Waals surface area contributed by atoms with Gasteiger partial charge in [0, 0.05) is 22.1 Å². The molecule has 0 aromatic heterocycles. The van der Waals surface area contributed by atoms with Crippen molar-refractivity contribution in [1.29, 1.82) is 0 Å². The minimum Gasteiger partial charge on any atom is -0.495 e. The van der Waals surface area contributed by atoms with Crippen molar-refractivity contribution >= 4 is 55.1 Å². The Balaban J connectivity index is 2.08. The van der Waals surface area contributed by atoms with Crippen molar-refractivity contribution in [3.8, 4) is 5.75 Å². The molecule has 3 aromatic carbocycles. The van der Waals surface area contributed by atoms with Gasteiger partial charge in [-0.1, -0.05) is 57.9 Å².